The molecule has 0 aliphatic heterocycles. The van der Waals surface area contributed by atoms with Crippen LogP contribution in [0.15, 0.2) is 18.2 Å². The molecule has 0 aliphatic carbocycles. The summed E-state index contributed by atoms with van der Waals surface area (Å²) in [6.45, 7) is 1.99. The highest BCUT2D eigenvalue weighted by Crippen LogP contribution is 2.25. The molecule has 1 unspecified atom stereocenters. The third-order valence-corrected chi connectivity index (χ3v) is 2.58. The van der Waals surface area contributed by atoms with Gasteiger partial charge in [-0.1, -0.05) is 17.7 Å². The number of ether oxygens (including phenoxy) is 1. The average molecular weight is 233 g/mol. The van der Waals surface area contributed by atoms with Gasteiger partial charge in [0.15, 0.2) is 0 Å². The summed E-state index contributed by atoms with van der Waals surface area (Å²) in [6.07, 6.45) is 1.92. The van der Waals surface area contributed by atoms with Crippen molar-refractivity contribution in [2.45, 2.75) is 25.1 Å². The Morgan fingerprint density at radius 3 is 2.71 bits per heavy atom. The van der Waals surface area contributed by atoms with Crippen molar-refractivity contribution in [2.24, 2.45) is 0 Å². The fourth-order valence-corrected chi connectivity index (χ4v) is 1.53. The van der Waals surface area contributed by atoms with Gasteiger partial charge in [-0.3, -0.25) is 0 Å². The van der Waals surface area contributed by atoms with E-state index in [1.165, 1.54) is 5.56 Å². The summed E-state index contributed by atoms with van der Waals surface area (Å²) < 4.78 is 5.13. The van der Waals surface area contributed by atoms with E-state index in [4.69, 9.17) is 27.9 Å². The molecule has 1 nitrogen and oxygen atoms in total. The van der Waals surface area contributed by atoms with E-state index in [-0.39, 0.29) is 5.38 Å². The Hall–Kier alpha value is -0.400. The van der Waals surface area contributed by atoms with E-state index in [0.29, 0.717) is 5.02 Å². The zero-order valence-electron chi connectivity index (χ0n) is 8.39. The van der Waals surface area contributed by atoms with Gasteiger partial charge in [0.1, 0.15) is 5.75 Å². The Morgan fingerprint density at radius 1 is 1.43 bits per heavy atom. The SMILES string of the molecule is COc1cc(CCC(C)Cl)ccc1Cl. The lowest BCUT2D eigenvalue weighted by molar-refractivity contribution is 0.414. The molecule has 0 spiro atoms. The van der Waals surface area contributed by atoms with E-state index in [9.17, 15) is 0 Å². The van der Waals surface area contributed by atoms with Crippen LogP contribution in [0.1, 0.15) is 18.9 Å². The number of alkyl halides is 1. The smallest absolute Gasteiger partial charge is 0.137 e. The van der Waals surface area contributed by atoms with Crippen molar-refractivity contribution in [2.75, 3.05) is 7.11 Å². The van der Waals surface area contributed by atoms with Gasteiger partial charge in [0, 0.05) is 5.38 Å². The van der Waals surface area contributed by atoms with Crippen LogP contribution in [0.4, 0.5) is 0 Å². The van der Waals surface area contributed by atoms with Gasteiger partial charge in [-0.05, 0) is 37.5 Å². The quantitative estimate of drug-likeness (QED) is 0.716. The Morgan fingerprint density at radius 2 is 2.14 bits per heavy atom. The first-order valence-electron chi connectivity index (χ1n) is 4.60. The third kappa shape index (κ3) is 3.39. The first-order chi connectivity index (χ1) is 6.63. The van der Waals surface area contributed by atoms with Crippen molar-refractivity contribution in [3.8, 4) is 5.75 Å². The van der Waals surface area contributed by atoms with Crippen molar-refractivity contribution in [1.29, 1.82) is 0 Å². The molecule has 0 fully saturated rings. The molecule has 0 saturated heterocycles. The third-order valence-electron chi connectivity index (χ3n) is 2.05. The Kier molecular flexibility index (Phi) is 4.56. The van der Waals surface area contributed by atoms with Crippen molar-refractivity contribution in [1.82, 2.24) is 0 Å². The van der Waals surface area contributed by atoms with Crippen molar-refractivity contribution >= 4 is 23.2 Å². The number of methoxy groups -OCH3 is 1. The van der Waals surface area contributed by atoms with Gasteiger partial charge in [0.2, 0.25) is 0 Å². The van der Waals surface area contributed by atoms with Crippen LogP contribution in [0.25, 0.3) is 0 Å². The van der Waals surface area contributed by atoms with Crippen LogP contribution in [0.3, 0.4) is 0 Å². The van der Waals surface area contributed by atoms with E-state index in [2.05, 4.69) is 0 Å². The molecule has 1 rings (SSSR count). The molecule has 0 radical (unpaired) electrons. The molecular weight excluding hydrogens is 219 g/mol. The highest BCUT2D eigenvalue weighted by Gasteiger charge is 2.03. The number of aryl methyl sites for hydroxylation is 1. The average Bonchev–Trinajstić information content (AvgIpc) is 2.16. The molecule has 0 aliphatic rings. The van der Waals surface area contributed by atoms with Gasteiger partial charge >= 0.3 is 0 Å². The monoisotopic (exact) mass is 232 g/mol. The minimum atomic E-state index is 0.205. The molecule has 0 saturated carbocycles. The largest absolute Gasteiger partial charge is 0.495 e. The number of hydrogen-bond acceptors (Lipinski definition) is 1. The highest BCUT2D eigenvalue weighted by molar-refractivity contribution is 6.32. The van der Waals surface area contributed by atoms with Crippen LogP contribution in [0.2, 0.25) is 5.02 Å². The lowest BCUT2D eigenvalue weighted by Gasteiger charge is -2.07. The van der Waals surface area contributed by atoms with E-state index in [1.807, 2.05) is 25.1 Å². The summed E-state index contributed by atoms with van der Waals surface area (Å²) in [5.41, 5.74) is 1.21. The molecule has 3 heteroatoms. The van der Waals surface area contributed by atoms with Crippen molar-refractivity contribution in [3.63, 3.8) is 0 Å². The standard InChI is InChI=1S/C11H14Cl2O/c1-8(12)3-4-9-5-6-10(13)11(7-9)14-2/h5-8H,3-4H2,1-2H3. The Balaban J connectivity index is 2.69. The predicted molar refractivity (Wildman–Crippen MR) is 61.6 cm³/mol. The number of rotatable bonds is 4. The highest BCUT2D eigenvalue weighted by atomic mass is 35.5. The maximum atomic E-state index is 5.91. The maximum absolute atomic E-state index is 5.91. The molecule has 0 bridgehead atoms. The number of halogens is 2. The van der Waals surface area contributed by atoms with E-state index < -0.39 is 0 Å². The van der Waals surface area contributed by atoms with E-state index in [1.54, 1.807) is 7.11 Å². The van der Waals surface area contributed by atoms with Crippen LogP contribution in [-0.2, 0) is 6.42 Å². The molecule has 0 amide bonds. The van der Waals surface area contributed by atoms with Crippen LogP contribution in [0, 0.1) is 0 Å². The summed E-state index contributed by atoms with van der Waals surface area (Å²) in [5, 5.41) is 0.854. The molecular formula is C11H14Cl2O. The minimum absolute atomic E-state index is 0.205. The zero-order chi connectivity index (χ0) is 10.6. The molecule has 1 aromatic rings. The second-order valence-electron chi connectivity index (χ2n) is 3.29. The first-order valence-corrected chi connectivity index (χ1v) is 5.41. The van der Waals surface area contributed by atoms with Crippen LogP contribution < -0.4 is 4.74 Å². The van der Waals surface area contributed by atoms with E-state index in [0.717, 1.165) is 18.6 Å². The maximum Gasteiger partial charge on any atom is 0.137 e. The molecule has 14 heavy (non-hydrogen) atoms. The minimum Gasteiger partial charge on any atom is -0.495 e. The zero-order valence-corrected chi connectivity index (χ0v) is 9.90. The predicted octanol–water partition coefficient (Wildman–Crippen LogP) is 3.91. The van der Waals surface area contributed by atoms with Gasteiger partial charge in [0.25, 0.3) is 0 Å². The summed E-state index contributed by atoms with van der Waals surface area (Å²) in [4.78, 5) is 0. The fourth-order valence-electron chi connectivity index (χ4n) is 1.23. The molecule has 0 N–H and O–H groups in total. The van der Waals surface area contributed by atoms with Crippen molar-refractivity contribution in [3.05, 3.63) is 28.8 Å². The molecule has 1 atom stereocenters. The van der Waals surface area contributed by atoms with Crippen molar-refractivity contribution < 1.29 is 4.74 Å². The molecule has 78 valence electrons. The van der Waals surface area contributed by atoms with E-state index >= 15 is 0 Å². The van der Waals surface area contributed by atoms with Crippen LogP contribution >= 0.6 is 23.2 Å². The topological polar surface area (TPSA) is 9.23 Å². The second-order valence-corrected chi connectivity index (χ2v) is 4.44. The van der Waals surface area contributed by atoms with Gasteiger partial charge in [0.05, 0.1) is 12.1 Å². The number of hydrogen-bond donors (Lipinski definition) is 0. The van der Waals surface area contributed by atoms with Crippen LogP contribution in [0.5, 0.6) is 5.75 Å². The van der Waals surface area contributed by atoms with Gasteiger partial charge in [-0.15, -0.1) is 11.6 Å². The normalized spacial score (nSPS) is 12.6. The summed E-state index contributed by atoms with van der Waals surface area (Å²) >= 11 is 11.8. The van der Waals surface area contributed by atoms with Crippen LogP contribution in [-0.4, -0.2) is 12.5 Å². The Labute approximate surface area is 95.0 Å². The molecule has 1 aromatic carbocycles. The van der Waals surface area contributed by atoms with Gasteiger partial charge in [-0.2, -0.15) is 0 Å². The van der Waals surface area contributed by atoms with Gasteiger partial charge in [-0.25, -0.2) is 0 Å². The lowest BCUT2D eigenvalue weighted by Crippen LogP contribution is -1.95. The summed E-state index contributed by atoms with van der Waals surface area (Å²) in [5.74, 6) is 0.728. The first kappa shape index (κ1) is 11.7. The molecule has 0 heterocycles. The summed E-state index contributed by atoms with van der Waals surface area (Å²) in [6, 6.07) is 5.82. The summed E-state index contributed by atoms with van der Waals surface area (Å²) in [7, 11) is 1.62. The second kappa shape index (κ2) is 5.47. The fraction of sp³-hybridized carbons (Fsp3) is 0.455. The van der Waals surface area contributed by atoms with Gasteiger partial charge < -0.3 is 4.74 Å². The lowest BCUT2D eigenvalue weighted by atomic mass is 10.1. The Bertz CT molecular complexity index is 297. The number of benzene rings is 1. The molecule has 0 aromatic heterocycles.